The second-order valence-corrected chi connectivity index (χ2v) is 17.9. The fourth-order valence-electron chi connectivity index (χ4n) is 10.4. The van der Waals surface area contributed by atoms with Crippen LogP contribution in [0, 0.1) is 6.92 Å². The number of carbonyl (C=O) groups excluding carboxylic acids is 1. The van der Waals surface area contributed by atoms with Gasteiger partial charge in [0.2, 0.25) is 0 Å². The van der Waals surface area contributed by atoms with Crippen LogP contribution < -0.4 is 29.4 Å². The van der Waals surface area contributed by atoms with E-state index < -0.39 is 0 Å². The number of fused-ring (bicyclic) bond motifs is 6. The van der Waals surface area contributed by atoms with E-state index in [2.05, 4.69) is 13.0 Å². The van der Waals surface area contributed by atoms with E-state index in [9.17, 15) is 4.79 Å². The van der Waals surface area contributed by atoms with Crippen molar-refractivity contribution in [1.29, 1.82) is 0 Å². The van der Waals surface area contributed by atoms with Gasteiger partial charge in [0.05, 0.1) is 16.4 Å². The maximum absolute atomic E-state index is 15.5. The molecule has 0 aliphatic carbocycles. The molecule has 0 saturated carbocycles. The Hall–Kier alpha value is -9.73. The highest BCUT2D eigenvalue weighted by Gasteiger charge is 2.32. The van der Waals surface area contributed by atoms with Gasteiger partial charge in [0.1, 0.15) is 51.6 Å². The zero-order valence-electron chi connectivity index (χ0n) is 43.1. The number of para-hydroxylation sites is 7. The van der Waals surface area contributed by atoms with Gasteiger partial charge in [-0.2, -0.15) is 0 Å². The fraction of sp³-hybridized carbons (Fsp3) is 0.0896. The molecule has 11 aromatic carbocycles. The predicted molar refractivity (Wildman–Crippen MR) is 312 cm³/mol. The molecule has 13 rings (SSSR count). The van der Waals surface area contributed by atoms with Crippen molar-refractivity contribution in [3.8, 4) is 46.0 Å². The van der Waals surface area contributed by atoms with Gasteiger partial charge < -0.3 is 23.8 Å². The van der Waals surface area contributed by atoms with E-state index in [0.717, 1.165) is 17.5 Å². The molecule has 0 fully saturated rings. The molecular weight excluding hydrogens is 943 g/mol. The van der Waals surface area contributed by atoms with E-state index in [4.69, 9.17) is 30.5 Å². The summed E-state index contributed by atoms with van der Waals surface area (Å²) in [5.41, 5.74) is 5.14. The Morgan fingerprint density at radius 2 is 0.921 bits per heavy atom. The molecule has 2 heterocycles. The van der Waals surface area contributed by atoms with Gasteiger partial charge in [0.15, 0.2) is 6.29 Å². The van der Waals surface area contributed by atoms with Crippen molar-refractivity contribution in [3.05, 3.63) is 228 Å². The van der Waals surface area contributed by atoms with Crippen LogP contribution in [0.2, 0.25) is 0 Å². The molecule has 9 nitrogen and oxygen atoms in total. The second-order valence-electron chi connectivity index (χ2n) is 17.9. The van der Waals surface area contributed by atoms with Crippen molar-refractivity contribution < 1.29 is 23.7 Å². The van der Waals surface area contributed by atoms with Crippen molar-refractivity contribution in [2.45, 2.75) is 34.6 Å². The van der Waals surface area contributed by atoms with Crippen LogP contribution in [0.5, 0.6) is 46.0 Å². The smallest absolute Gasteiger partial charge is 0.264 e. The van der Waals surface area contributed by atoms with Crippen LogP contribution in [-0.4, -0.2) is 22.7 Å². The number of rotatable bonds is 12. The number of aromatic nitrogens is 2. The Kier molecular flexibility index (Phi) is 13.0. The average Bonchev–Trinajstić information content (AvgIpc) is 4.02. The molecule has 0 saturated heterocycles. The van der Waals surface area contributed by atoms with Gasteiger partial charge in [-0.25, -0.2) is 4.98 Å². The lowest BCUT2D eigenvalue weighted by Gasteiger charge is -2.28. The van der Waals surface area contributed by atoms with Gasteiger partial charge in [-0.1, -0.05) is 137 Å². The molecule has 0 bridgehead atoms. The number of carbonyl (C=O) groups is 1. The molecule has 0 unspecified atom stereocenters. The quantitative estimate of drug-likeness (QED) is 0.0679. The Morgan fingerprint density at radius 3 is 1.42 bits per heavy atom. The van der Waals surface area contributed by atoms with Crippen LogP contribution in [0.15, 0.2) is 205 Å². The maximum Gasteiger partial charge on any atom is 0.264 e. The minimum absolute atomic E-state index is 0.266. The first-order valence-electron chi connectivity index (χ1n) is 25.6. The summed E-state index contributed by atoms with van der Waals surface area (Å²) < 4.78 is 30.1. The Bertz CT molecular complexity index is 4330. The van der Waals surface area contributed by atoms with Gasteiger partial charge in [-0.05, 0) is 103 Å². The van der Waals surface area contributed by atoms with Gasteiger partial charge in [-0.3, -0.25) is 14.0 Å². The van der Waals surface area contributed by atoms with Crippen molar-refractivity contribution in [2.75, 3.05) is 11.9 Å². The van der Waals surface area contributed by atoms with Crippen LogP contribution in [0.25, 0.3) is 76.2 Å². The van der Waals surface area contributed by atoms with E-state index in [1.807, 2.05) is 222 Å². The summed E-state index contributed by atoms with van der Waals surface area (Å²) in [7, 11) is 1.97. The van der Waals surface area contributed by atoms with E-state index in [1.165, 1.54) is 0 Å². The van der Waals surface area contributed by atoms with Crippen LogP contribution >= 0.6 is 0 Å². The molecule has 2 aromatic heterocycles. The highest BCUT2D eigenvalue weighted by Crippen LogP contribution is 2.57. The summed E-state index contributed by atoms with van der Waals surface area (Å²) in [6.07, 6.45) is 0.866. The molecule has 0 radical (unpaired) electrons. The molecule has 76 heavy (non-hydrogen) atoms. The van der Waals surface area contributed by atoms with Gasteiger partial charge in [0.25, 0.3) is 5.56 Å². The predicted octanol–water partition coefficient (Wildman–Crippen LogP) is 17.9. The molecule has 0 aliphatic rings. The van der Waals surface area contributed by atoms with Crippen molar-refractivity contribution in [1.82, 2.24) is 9.38 Å². The second kappa shape index (κ2) is 20.3. The van der Waals surface area contributed by atoms with E-state index in [-0.39, 0.29) is 5.56 Å². The van der Waals surface area contributed by atoms with Crippen LogP contribution in [0.4, 0.5) is 5.69 Å². The first-order valence-corrected chi connectivity index (χ1v) is 25.6. The Balaban J connectivity index is 0.00000151. The standard InChI is InChI=1S/C63H41N3O6.2C2H6/c1-37-20-16-18-30-48(37)65(3)38(2)44-33-51(70-41-23-10-5-11-24-41)57-59-53(72-43-27-14-7-15-28-43)35-46-55-45(62-64-47-29-17-19-31-49(47)66(62)63(46)68)34-52(71-42-25-12-6-13-26-42)58(61(55)59)56-50(69-40-21-8-4-9-22-40)32-39(36-67)54(44)60(56)57;2*1-2/h4-36H,2H2,1,3H3;2*1-2H3. The molecule has 13 aromatic rings. The summed E-state index contributed by atoms with van der Waals surface area (Å²) >= 11 is 0. The third kappa shape index (κ3) is 8.10. The topological polar surface area (TPSA) is 91.6 Å². The highest BCUT2D eigenvalue weighted by atomic mass is 16.5. The monoisotopic (exact) mass is 995 g/mol. The maximum atomic E-state index is 15.5. The minimum atomic E-state index is -0.266. The molecule has 0 amide bonds. The lowest BCUT2D eigenvalue weighted by atomic mass is 9.83. The van der Waals surface area contributed by atoms with Crippen molar-refractivity contribution in [2.24, 2.45) is 0 Å². The first kappa shape index (κ1) is 48.5. The summed E-state index contributed by atoms with van der Waals surface area (Å²) in [5.74, 6) is 3.89. The molecule has 0 aliphatic heterocycles. The van der Waals surface area contributed by atoms with E-state index >= 15 is 4.79 Å². The number of pyridine rings is 1. The Morgan fingerprint density at radius 1 is 0.500 bits per heavy atom. The molecule has 0 atom stereocenters. The third-order valence-corrected chi connectivity index (χ3v) is 13.6. The van der Waals surface area contributed by atoms with E-state index in [0.29, 0.717) is 133 Å². The molecule has 9 heteroatoms. The fourth-order valence-corrected chi connectivity index (χ4v) is 10.4. The molecular formula is C67H53N3O6. The summed E-state index contributed by atoms with van der Waals surface area (Å²) in [6, 6.07) is 61.5. The average molecular weight is 996 g/mol. The zero-order chi connectivity index (χ0) is 52.6. The summed E-state index contributed by atoms with van der Waals surface area (Å²) in [5, 5.41) is 6.09. The normalized spacial score (nSPS) is 11.2. The minimum Gasteiger partial charge on any atom is -0.457 e. The number of hydrogen-bond donors (Lipinski definition) is 0. The van der Waals surface area contributed by atoms with E-state index in [1.54, 1.807) is 10.5 Å². The zero-order valence-corrected chi connectivity index (χ0v) is 43.1. The third-order valence-electron chi connectivity index (χ3n) is 13.6. The van der Waals surface area contributed by atoms with Crippen LogP contribution in [0.3, 0.4) is 0 Å². The Labute approximate surface area is 439 Å². The number of anilines is 1. The molecule has 0 N–H and O–H groups in total. The number of ether oxygens (including phenoxy) is 4. The molecule has 0 spiro atoms. The largest absolute Gasteiger partial charge is 0.457 e. The number of imidazole rings is 1. The summed E-state index contributed by atoms with van der Waals surface area (Å²) in [6.45, 7) is 14.8. The van der Waals surface area contributed by atoms with Crippen molar-refractivity contribution in [3.63, 3.8) is 0 Å². The number of nitrogens with zero attached hydrogens (tertiary/aromatic N) is 3. The van der Waals surface area contributed by atoms with Crippen LogP contribution in [-0.2, 0) is 0 Å². The lowest BCUT2D eigenvalue weighted by molar-refractivity contribution is 0.112. The van der Waals surface area contributed by atoms with Gasteiger partial charge >= 0.3 is 0 Å². The van der Waals surface area contributed by atoms with Crippen LogP contribution in [0.1, 0.15) is 49.2 Å². The SMILES string of the molecule is C=C(c1cc(Oc2ccccc2)c2c3c(Oc4ccccc4)cc4c(=O)n5c6ccccc6nc5c5cc(Oc6ccccc6)c(c6c(Oc7ccccc7)cc(C=O)c1c26)c3c45)N(C)c1ccccc1C.CC.CC. The number of aldehydes is 1. The van der Waals surface area contributed by atoms with Gasteiger partial charge in [-0.15, -0.1) is 0 Å². The number of aryl methyl sites for hydroxylation is 1. The highest BCUT2D eigenvalue weighted by molar-refractivity contribution is 6.43. The molecule has 372 valence electrons. The van der Waals surface area contributed by atoms with Gasteiger partial charge in [0, 0.05) is 78.0 Å². The number of hydrogen-bond acceptors (Lipinski definition) is 8. The first-order chi connectivity index (χ1) is 37.3. The van der Waals surface area contributed by atoms with Crippen molar-refractivity contribution >= 4 is 88.2 Å². The lowest BCUT2D eigenvalue weighted by Crippen LogP contribution is -2.16. The number of benzene rings is 11. The summed E-state index contributed by atoms with van der Waals surface area (Å²) in [4.78, 5) is 36.7.